The number of carbonyl (C=O) groups is 2. The molecule has 148 valence electrons. The Balaban J connectivity index is 2.03. The van der Waals surface area contributed by atoms with Crippen molar-refractivity contribution in [1.82, 2.24) is 5.32 Å². The van der Waals surface area contributed by atoms with Gasteiger partial charge in [0.1, 0.15) is 5.82 Å². The van der Waals surface area contributed by atoms with Gasteiger partial charge in [-0.25, -0.2) is 9.18 Å². The summed E-state index contributed by atoms with van der Waals surface area (Å²) < 4.78 is 22.9. The molecule has 0 bridgehead atoms. The van der Waals surface area contributed by atoms with Crippen LogP contribution in [0.1, 0.15) is 35.8 Å². The fraction of sp³-hybridized carbons (Fsp3) is 0.263. The van der Waals surface area contributed by atoms with Crippen LogP contribution in [0.5, 0.6) is 5.75 Å². The van der Waals surface area contributed by atoms with E-state index < -0.39 is 34.8 Å². The summed E-state index contributed by atoms with van der Waals surface area (Å²) in [4.78, 5) is 34.8. The van der Waals surface area contributed by atoms with E-state index in [0.717, 1.165) is 6.07 Å². The second-order valence-corrected chi connectivity index (χ2v) is 5.97. The van der Waals surface area contributed by atoms with Crippen LogP contribution in [0.2, 0.25) is 0 Å². The lowest BCUT2D eigenvalue weighted by atomic mass is 10.1. The average Bonchev–Trinajstić information content (AvgIpc) is 2.67. The Hall–Kier alpha value is -3.49. The predicted molar refractivity (Wildman–Crippen MR) is 97.5 cm³/mol. The van der Waals surface area contributed by atoms with Crippen LogP contribution in [0.4, 0.5) is 10.1 Å². The first-order chi connectivity index (χ1) is 13.2. The number of ether oxygens (including phenoxy) is 2. The molecule has 2 aromatic rings. The van der Waals surface area contributed by atoms with Crippen LogP contribution in [0.3, 0.4) is 0 Å². The largest absolute Gasteiger partial charge is 0.490 e. The zero-order valence-electron chi connectivity index (χ0n) is 15.5. The van der Waals surface area contributed by atoms with Crippen molar-refractivity contribution in [2.45, 2.75) is 26.0 Å². The van der Waals surface area contributed by atoms with Crippen molar-refractivity contribution in [2.24, 2.45) is 0 Å². The van der Waals surface area contributed by atoms with E-state index >= 15 is 0 Å². The highest BCUT2D eigenvalue weighted by atomic mass is 19.1. The normalized spacial score (nSPS) is 12.6. The first-order valence-electron chi connectivity index (χ1n) is 8.32. The number of amides is 1. The van der Waals surface area contributed by atoms with E-state index in [-0.39, 0.29) is 17.0 Å². The van der Waals surface area contributed by atoms with Crippen molar-refractivity contribution in [1.29, 1.82) is 0 Å². The summed E-state index contributed by atoms with van der Waals surface area (Å²) in [5.74, 6) is -1.84. The molecule has 0 saturated heterocycles. The molecule has 0 aliphatic carbocycles. The Kier molecular flexibility index (Phi) is 6.64. The van der Waals surface area contributed by atoms with Gasteiger partial charge in [0.05, 0.1) is 23.6 Å². The van der Waals surface area contributed by atoms with Crippen molar-refractivity contribution in [3.05, 3.63) is 69.5 Å². The third-order valence-corrected chi connectivity index (χ3v) is 3.99. The number of hydrogen-bond acceptors (Lipinski definition) is 6. The van der Waals surface area contributed by atoms with Gasteiger partial charge in [-0.3, -0.25) is 14.9 Å². The smallest absolute Gasteiger partial charge is 0.339 e. The van der Waals surface area contributed by atoms with Crippen LogP contribution in [-0.2, 0) is 9.53 Å². The van der Waals surface area contributed by atoms with Gasteiger partial charge in [-0.05, 0) is 43.7 Å². The molecule has 0 unspecified atom stereocenters. The Labute approximate surface area is 160 Å². The summed E-state index contributed by atoms with van der Waals surface area (Å²) in [5, 5.41) is 13.7. The zero-order valence-corrected chi connectivity index (χ0v) is 15.5. The maximum atomic E-state index is 13.0. The van der Waals surface area contributed by atoms with E-state index in [4.69, 9.17) is 9.47 Å². The third kappa shape index (κ3) is 5.03. The molecule has 0 fully saturated rings. The number of carbonyl (C=O) groups excluding carboxylic acids is 2. The summed E-state index contributed by atoms with van der Waals surface area (Å²) in [5.41, 5.74) is 0.205. The quantitative estimate of drug-likeness (QED) is 0.442. The van der Waals surface area contributed by atoms with Gasteiger partial charge in [-0.2, -0.15) is 0 Å². The molecule has 0 aliphatic rings. The number of rotatable bonds is 7. The summed E-state index contributed by atoms with van der Waals surface area (Å²) >= 11 is 0. The second kappa shape index (κ2) is 8.94. The molecule has 0 radical (unpaired) electrons. The zero-order chi connectivity index (χ0) is 20.8. The topological polar surface area (TPSA) is 108 Å². The molecule has 2 rings (SSSR count). The molecule has 0 spiro atoms. The fourth-order valence-corrected chi connectivity index (χ4v) is 2.41. The lowest BCUT2D eigenvalue weighted by Gasteiger charge is -2.18. The van der Waals surface area contributed by atoms with Crippen molar-refractivity contribution in [2.75, 3.05) is 7.11 Å². The summed E-state index contributed by atoms with van der Waals surface area (Å²) in [6.07, 6.45) is -1.14. The first-order valence-corrected chi connectivity index (χ1v) is 8.32. The van der Waals surface area contributed by atoms with Crippen LogP contribution in [0.15, 0.2) is 42.5 Å². The van der Waals surface area contributed by atoms with Gasteiger partial charge in [0.25, 0.3) is 5.91 Å². The van der Waals surface area contributed by atoms with E-state index in [0.29, 0.717) is 5.56 Å². The summed E-state index contributed by atoms with van der Waals surface area (Å²) in [6, 6.07) is 8.79. The highest BCUT2D eigenvalue weighted by Crippen LogP contribution is 2.28. The SMILES string of the molecule is COc1ccc(C(=O)O[C@@H](C)C(=O)N[C@@H](C)c2ccc(F)cc2)cc1[N+](=O)[O-]. The lowest BCUT2D eigenvalue weighted by Crippen LogP contribution is -2.37. The molecule has 9 heteroatoms. The van der Waals surface area contributed by atoms with Crippen LogP contribution < -0.4 is 10.1 Å². The number of nitrogens with zero attached hydrogens (tertiary/aromatic N) is 1. The van der Waals surface area contributed by atoms with Gasteiger partial charge in [0.15, 0.2) is 11.9 Å². The van der Waals surface area contributed by atoms with Gasteiger partial charge in [0, 0.05) is 6.07 Å². The van der Waals surface area contributed by atoms with Gasteiger partial charge in [0.2, 0.25) is 0 Å². The minimum Gasteiger partial charge on any atom is -0.490 e. The molecule has 0 aromatic heterocycles. The number of esters is 1. The fourth-order valence-electron chi connectivity index (χ4n) is 2.41. The molecule has 8 nitrogen and oxygen atoms in total. The van der Waals surface area contributed by atoms with E-state index in [9.17, 15) is 24.1 Å². The number of nitrogens with one attached hydrogen (secondary N) is 1. The number of benzene rings is 2. The third-order valence-electron chi connectivity index (χ3n) is 3.99. The standard InChI is InChI=1S/C19H19FN2O6/c1-11(13-4-7-15(20)8-5-13)21-18(23)12(2)28-19(24)14-6-9-17(27-3)16(10-14)22(25)26/h4-12H,1-3H3,(H,21,23)/t11-,12-/m0/s1. The highest BCUT2D eigenvalue weighted by Gasteiger charge is 2.23. The number of methoxy groups -OCH3 is 1. The Morgan fingerprint density at radius 1 is 1.14 bits per heavy atom. The molecular weight excluding hydrogens is 371 g/mol. The van der Waals surface area contributed by atoms with Crippen molar-refractivity contribution in [3.8, 4) is 5.75 Å². The molecule has 2 aromatic carbocycles. The molecule has 2 atom stereocenters. The maximum Gasteiger partial charge on any atom is 0.339 e. The Bertz CT molecular complexity index is 884. The van der Waals surface area contributed by atoms with Crippen LogP contribution >= 0.6 is 0 Å². The molecular formula is C19H19FN2O6. The van der Waals surface area contributed by atoms with Crippen molar-refractivity contribution in [3.63, 3.8) is 0 Å². The molecule has 0 saturated carbocycles. The molecule has 28 heavy (non-hydrogen) atoms. The maximum absolute atomic E-state index is 13.0. The molecule has 1 N–H and O–H groups in total. The lowest BCUT2D eigenvalue weighted by molar-refractivity contribution is -0.385. The summed E-state index contributed by atoms with van der Waals surface area (Å²) in [7, 11) is 1.27. The predicted octanol–water partition coefficient (Wildman–Crippen LogP) is 3.17. The van der Waals surface area contributed by atoms with Gasteiger partial charge < -0.3 is 14.8 Å². The summed E-state index contributed by atoms with van der Waals surface area (Å²) in [6.45, 7) is 3.08. The number of halogens is 1. The average molecular weight is 390 g/mol. The van der Waals surface area contributed by atoms with Crippen molar-refractivity contribution < 1.29 is 28.4 Å². The van der Waals surface area contributed by atoms with E-state index in [2.05, 4.69) is 5.32 Å². The van der Waals surface area contributed by atoms with E-state index in [1.54, 1.807) is 6.92 Å². The van der Waals surface area contributed by atoms with Crippen LogP contribution in [0, 0.1) is 15.9 Å². The van der Waals surface area contributed by atoms with Gasteiger partial charge in [-0.1, -0.05) is 12.1 Å². The first kappa shape index (κ1) is 20.8. The van der Waals surface area contributed by atoms with E-state index in [1.165, 1.54) is 50.4 Å². The number of nitro benzene ring substituents is 1. The van der Waals surface area contributed by atoms with Crippen LogP contribution in [0.25, 0.3) is 0 Å². The van der Waals surface area contributed by atoms with Crippen molar-refractivity contribution >= 4 is 17.6 Å². The Morgan fingerprint density at radius 2 is 1.79 bits per heavy atom. The monoisotopic (exact) mass is 390 g/mol. The van der Waals surface area contributed by atoms with Gasteiger partial charge >= 0.3 is 11.7 Å². The second-order valence-electron chi connectivity index (χ2n) is 5.97. The highest BCUT2D eigenvalue weighted by molar-refractivity contribution is 5.93. The number of nitro groups is 1. The minimum atomic E-state index is -1.14. The molecule has 1 amide bonds. The van der Waals surface area contributed by atoms with Gasteiger partial charge in [-0.15, -0.1) is 0 Å². The minimum absolute atomic E-state index is 0.000430. The number of hydrogen-bond donors (Lipinski definition) is 1. The Morgan fingerprint density at radius 3 is 2.36 bits per heavy atom. The molecule has 0 heterocycles. The van der Waals surface area contributed by atoms with Crippen LogP contribution in [-0.4, -0.2) is 30.0 Å². The molecule has 0 aliphatic heterocycles. The van der Waals surface area contributed by atoms with E-state index in [1.807, 2.05) is 0 Å².